The fraction of sp³-hybridized carbons (Fsp3) is 0.647. The summed E-state index contributed by atoms with van der Waals surface area (Å²) in [6, 6.07) is 12.1. The Morgan fingerprint density at radius 2 is 1.84 bits per heavy atom. The summed E-state index contributed by atoms with van der Waals surface area (Å²) in [5, 5.41) is 3.89. The molecule has 1 N–H and O–H groups in total. The minimum atomic E-state index is 0.412. The highest BCUT2D eigenvalue weighted by atomic mass is 15.3. The van der Waals surface area contributed by atoms with Crippen LogP contribution in [0.5, 0.6) is 0 Å². The van der Waals surface area contributed by atoms with Gasteiger partial charge in [-0.05, 0) is 32.3 Å². The zero-order valence-electron chi connectivity index (χ0n) is 12.2. The standard InChI is InChI=1S/C17H26N2/c1-14(2)19-13-17(10-6-7-11-17)18-12-16(19)15-8-4-3-5-9-15/h3-5,8-9,14,16,18H,6-7,10-13H2,1-2H3. The molecule has 0 amide bonds. The number of benzene rings is 1. The Morgan fingerprint density at radius 1 is 1.16 bits per heavy atom. The summed E-state index contributed by atoms with van der Waals surface area (Å²) in [6.07, 6.45) is 5.51. The highest BCUT2D eigenvalue weighted by Crippen LogP contribution is 2.37. The van der Waals surface area contributed by atoms with Crippen LogP contribution in [0.4, 0.5) is 0 Å². The van der Waals surface area contributed by atoms with E-state index in [1.54, 1.807) is 0 Å². The second kappa shape index (κ2) is 5.26. The van der Waals surface area contributed by atoms with E-state index in [4.69, 9.17) is 0 Å². The van der Waals surface area contributed by atoms with E-state index >= 15 is 0 Å². The molecule has 1 saturated heterocycles. The van der Waals surface area contributed by atoms with Crippen molar-refractivity contribution in [1.29, 1.82) is 0 Å². The molecule has 1 unspecified atom stereocenters. The normalized spacial score (nSPS) is 27.2. The number of piperazine rings is 1. The molecule has 2 nitrogen and oxygen atoms in total. The fourth-order valence-electron chi connectivity index (χ4n) is 3.86. The minimum absolute atomic E-state index is 0.412. The van der Waals surface area contributed by atoms with Crippen molar-refractivity contribution in [3.63, 3.8) is 0 Å². The number of hydrogen-bond acceptors (Lipinski definition) is 2. The van der Waals surface area contributed by atoms with Gasteiger partial charge in [0.05, 0.1) is 0 Å². The van der Waals surface area contributed by atoms with Crippen LogP contribution in [0.2, 0.25) is 0 Å². The molecule has 0 bridgehead atoms. The van der Waals surface area contributed by atoms with E-state index < -0.39 is 0 Å². The van der Waals surface area contributed by atoms with Gasteiger partial charge in [0.25, 0.3) is 0 Å². The monoisotopic (exact) mass is 258 g/mol. The second-order valence-corrected chi connectivity index (χ2v) is 6.56. The first-order valence-corrected chi connectivity index (χ1v) is 7.76. The molecular weight excluding hydrogens is 232 g/mol. The SMILES string of the molecule is CC(C)N1CC2(CCCC2)NCC1c1ccccc1. The van der Waals surface area contributed by atoms with Gasteiger partial charge >= 0.3 is 0 Å². The average molecular weight is 258 g/mol. The molecule has 104 valence electrons. The van der Waals surface area contributed by atoms with Gasteiger partial charge in [0.15, 0.2) is 0 Å². The Bertz CT molecular complexity index is 407. The molecule has 1 aliphatic heterocycles. The molecule has 0 aromatic heterocycles. The lowest BCUT2D eigenvalue weighted by molar-refractivity contribution is 0.0540. The van der Waals surface area contributed by atoms with Gasteiger partial charge in [-0.25, -0.2) is 0 Å². The number of nitrogens with zero attached hydrogens (tertiary/aromatic N) is 1. The van der Waals surface area contributed by atoms with E-state index in [9.17, 15) is 0 Å². The molecule has 0 radical (unpaired) electrons. The van der Waals surface area contributed by atoms with Crippen molar-refractivity contribution in [1.82, 2.24) is 10.2 Å². The topological polar surface area (TPSA) is 15.3 Å². The van der Waals surface area contributed by atoms with Crippen molar-refractivity contribution in [2.45, 2.75) is 57.2 Å². The highest BCUT2D eigenvalue weighted by molar-refractivity contribution is 5.21. The van der Waals surface area contributed by atoms with Crippen LogP contribution in [-0.4, -0.2) is 29.6 Å². The van der Waals surface area contributed by atoms with Crippen LogP contribution in [0.15, 0.2) is 30.3 Å². The quantitative estimate of drug-likeness (QED) is 0.875. The van der Waals surface area contributed by atoms with Crippen LogP contribution >= 0.6 is 0 Å². The molecule has 1 heterocycles. The number of rotatable bonds is 2. The number of hydrogen-bond donors (Lipinski definition) is 1. The molecule has 1 saturated carbocycles. The smallest absolute Gasteiger partial charge is 0.0476 e. The summed E-state index contributed by atoms with van der Waals surface area (Å²) in [4.78, 5) is 2.71. The average Bonchev–Trinajstić information content (AvgIpc) is 2.88. The lowest BCUT2D eigenvalue weighted by Gasteiger charge is -2.48. The Balaban J connectivity index is 1.82. The van der Waals surface area contributed by atoms with Gasteiger partial charge in [0, 0.05) is 30.7 Å². The molecule has 1 spiro atoms. The summed E-state index contributed by atoms with van der Waals surface area (Å²) in [6.45, 7) is 6.99. The molecule has 1 aromatic rings. The van der Waals surface area contributed by atoms with E-state index in [0.717, 1.165) is 6.54 Å². The van der Waals surface area contributed by atoms with Crippen molar-refractivity contribution in [3.8, 4) is 0 Å². The lowest BCUT2D eigenvalue weighted by atomic mass is 9.89. The van der Waals surface area contributed by atoms with Gasteiger partial charge in [-0.15, -0.1) is 0 Å². The zero-order chi connectivity index (χ0) is 13.3. The Labute approximate surface area is 117 Å². The predicted octanol–water partition coefficient (Wildman–Crippen LogP) is 3.35. The third kappa shape index (κ3) is 2.56. The molecule has 2 heteroatoms. The maximum Gasteiger partial charge on any atom is 0.0476 e. The van der Waals surface area contributed by atoms with E-state index in [2.05, 4.69) is 54.4 Å². The van der Waals surface area contributed by atoms with E-state index in [0.29, 0.717) is 17.6 Å². The van der Waals surface area contributed by atoms with Gasteiger partial charge < -0.3 is 5.32 Å². The van der Waals surface area contributed by atoms with Crippen molar-refractivity contribution in [3.05, 3.63) is 35.9 Å². The predicted molar refractivity (Wildman–Crippen MR) is 80.2 cm³/mol. The first-order chi connectivity index (χ1) is 9.20. The van der Waals surface area contributed by atoms with Crippen molar-refractivity contribution < 1.29 is 0 Å². The highest BCUT2D eigenvalue weighted by Gasteiger charge is 2.42. The van der Waals surface area contributed by atoms with Crippen LogP contribution in [0.3, 0.4) is 0 Å². The fourth-order valence-corrected chi connectivity index (χ4v) is 3.86. The first-order valence-electron chi connectivity index (χ1n) is 7.76. The van der Waals surface area contributed by atoms with Gasteiger partial charge in [0.2, 0.25) is 0 Å². The largest absolute Gasteiger partial charge is 0.308 e. The minimum Gasteiger partial charge on any atom is -0.308 e. The maximum atomic E-state index is 3.89. The van der Waals surface area contributed by atoms with Crippen LogP contribution in [0.1, 0.15) is 51.1 Å². The molecule has 1 aromatic carbocycles. The first kappa shape index (κ1) is 13.1. The summed E-state index contributed by atoms with van der Waals surface area (Å²) in [5.41, 5.74) is 1.87. The van der Waals surface area contributed by atoms with Crippen LogP contribution in [0, 0.1) is 0 Å². The van der Waals surface area contributed by atoms with Crippen LogP contribution in [0.25, 0.3) is 0 Å². The molecule has 19 heavy (non-hydrogen) atoms. The summed E-state index contributed by atoms with van der Waals surface area (Å²) in [7, 11) is 0. The Morgan fingerprint density at radius 3 is 2.47 bits per heavy atom. The summed E-state index contributed by atoms with van der Waals surface area (Å²) in [5.74, 6) is 0. The van der Waals surface area contributed by atoms with Gasteiger partial charge in [0.1, 0.15) is 0 Å². The van der Waals surface area contributed by atoms with E-state index in [-0.39, 0.29) is 0 Å². The lowest BCUT2D eigenvalue weighted by Crippen LogP contribution is -2.61. The summed E-state index contributed by atoms with van der Waals surface area (Å²) < 4.78 is 0. The Hall–Kier alpha value is -0.860. The molecule has 2 fully saturated rings. The van der Waals surface area contributed by atoms with Gasteiger partial charge in [-0.3, -0.25) is 4.90 Å². The van der Waals surface area contributed by atoms with Crippen molar-refractivity contribution >= 4 is 0 Å². The molecule has 3 rings (SSSR count). The van der Waals surface area contributed by atoms with Crippen LogP contribution < -0.4 is 5.32 Å². The number of nitrogens with one attached hydrogen (secondary N) is 1. The molecule has 1 aliphatic carbocycles. The van der Waals surface area contributed by atoms with Gasteiger partial charge in [-0.2, -0.15) is 0 Å². The van der Waals surface area contributed by atoms with Crippen LogP contribution in [-0.2, 0) is 0 Å². The zero-order valence-corrected chi connectivity index (χ0v) is 12.2. The van der Waals surface area contributed by atoms with Crippen molar-refractivity contribution in [2.75, 3.05) is 13.1 Å². The molecule has 1 atom stereocenters. The molecule has 2 aliphatic rings. The third-order valence-electron chi connectivity index (χ3n) is 4.96. The molecular formula is C17H26N2. The van der Waals surface area contributed by atoms with E-state index in [1.165, 1.54) is 37.8 Å². The Kier molecular flexibility index (Phi) is 3.64. The second-order valence-electron chi connectivity index (χ2n) is 6.56. The van der Waals surface area contributed by atoms with Gasteiger partial charge in [-0.1, -0.05) is 43.2 Å². The summed E-state index contributed by atoms with van der Waals surface area (Å²) >= 11 is 0. The van der Waals surface area contributed by atoms with Crippen molar-refractivity contribution in [2.24, 2.45) is 0 Å². The maximum absolute atomic E-state index is 3.89. The third-order valence-corrected chi connectivity index (χ3v) is 4.96. The van der Waals surface area contributed by atoms with E-state index in [1.807, 2.05) is 0 Å².